The summed E-state index contributed by atoms with van der Waals surface area (Å²) in [4.78, 5) is 11.4. The first-order valence-corrected chi connectivity index (χ1v) is 11.3. The number of methoxy groups -OCH3 is 4. The molecule has 0 saturated heterocycles. The molecule has 190 valence electrons. The van der Waals surface area contributed by atoms with Crippen LogP contribution in [0.25, 0.3) is 0 Å². The number of nitrogens with zero attached hydrogens (tertiary/aromatic N) is 2. The fourth-order valence-corrected chi connectivity index (χ4v) is 4.30. The molecule has 3 unspecified atom stereocenters. The summed E-state index contributed by atoms with van der Waals surface area (Å²) in [6, 6.07) is 11.5. The van der Waals surface area contributed by atoms with Crippen LogP contribution in [0.4, 0.5) is 0 Å². The second kappa shape index (κ2) is 12.3. The Hall–Kier alpha value is -3.51. The Morgan fingerprint density at radius 2 is 1.51 bits per heavy atom. The van der Waals surface area contributed by atoms with Crippen LogP contribution in [-0.4, -0.2) is 50.6 Å². The van der Waals surface area contributed by atoms with Gasteiger partial charge >= 0.3 is 0 Å². The molecule has 0 aliphatic heterocycles. The maximum Gasteiger partial charge on any atom is 0.242 e. The molecule has 9 nitrogen and oxygen atoms in total. The topological polar surface area (TPSA) is 124 Å². The average molecular weight is 487 g/mol. The average Bonchev–Trinajstić information content (AvgIpc) is 2.86. The number of nitro groups is 1. The molecule has 0 heterocycles. The quantitative estimate of drug-likeness (QED) is 0.330. The minimum absolute atomic E-state index is 0.00606. The highest BCUT2D eigenvalue weighted by atomic mass is 16.6. The highest BCUT2D eigenvalue weighted by molar-refractivity contribution is 5.47. The van der Waals surface area contributed by atoms with Crippen molar-refractivity contribution < 1.29 is 29.0 Å². The molecule has 0 fully saturated rings. The third kappa shape index (κ3) is 6.14. The molecule has 0 aliphatic rings. The smallest absolute Gasteiger partial charge is 0.242 e. The normalized spacial score (nSPS) is 14.4. The van der Waals surface area contributed by atoms with Gasteiger partial charge in [0.25, 0.3) is 0 Å². The lowest BCUT2D eigenvalue weighted by atomic mass is 9.69. The molecule has 2 aromatic carbocycles. The fourth-order valence-electron chi connectivity index (χ4n) is 4.30. The lowest BCUT2D eigenvalue weighted by Gasteiger charge is -2.33. The zero-order valence-electron chi connectivity index (χ0n) is 21.1. The largest absolute Gasteiger partial charge is 0.493 e. The number of aliphatic hydroxyl groups excluding tert-OH is 1. The van der Waals surface area contributed by atoms with E-state index in [2.05, 4.69) is 6.07 Å². The zero-order valence-corrected chi connectivity index (χ0v) is 21.1. The van der Waals surface area contributed by atoms with Crippen molar-refractivity contribution in [3.63, 3.8) is 0 Å². The van der Waals surface area contributed by atoms with Crippen LogP contribution in [0.3, 0.4) is 0 Å². The van der Waals surface area contributed by atoms with Crippen LogP contribution in [0, 0.1) is 27.4 Å². The predicted octanol–water partition coefficient (Wildman–Crippen LogP) is 4.17. The van der Waals surface area contributed by atoms with Crippen molar-refractivity contribution in [1.82, 2.24) is 0 Å². The molecule has 0 saturated carbocycles. The molecule has 3 atom stereocenters. The van der Waals surface area contributed by atoms with Crippen LogP contribution in [-0.2, 0) is 11.8 Å². The number of rotatable bonds is 13. The first-order chi connectivity index (χ1) is 16.7. The van der Waals surface area contributed by atoms with Gasteiger partial charge in [-0.15, -0.1) is 0 Å². The Bertz CT molecular complexity index is 1050. The Kier molecular flexibility index (Phi) is 9.72. The molecule has 35 heavy (non-hydrogen) atoms. The molecule has 0 bridgehead atoms. The second-order valence-electron chi connectivity index (χ2n) is 8.66. The zero-order chi connectivity index (χ0) is 26.2. The number of ether oxygens (including phenoxy) is 4. The van der Waals surface area contributed by atoms with Gasteiger partial charge in [0.2, 0.25) is 6.04 Å². The third-order valence-corrected chi connectivity index (χ3v) is 6.53. The van der Waals surface area contributed by atoms with Gasteiger partial charge in [0.05, 0.1) is 39.9 Å². The van der Waals surface area contributed by atoms with E-state index in [1.54, 1.807) is 36.4 Å². The maximum absolute atomic E-state index is 11.9. The van der Waals surface area contributed by atoms with Crippen LogP contribution in [0.15, 0.2) is 36.4 Å². The Morgan fingerprint density at radius 3 is 2.00 bits per heavy atom. The van der Waals surface area contributed by atoms with Gasteiger partial charge < -0.3 is 24.1 Å². The number of aliphatic hydroxyl groups is 1. The van der Waals surface area contributed by atoms with Crippen LogP contribution in [0.5, 0.6) is 23.0 Å². The Morgan fingerprint density at radius 1 is 0.971 bits per heavy atom. The molecule has 0 aliphatic carbocycles. The first-order valence-electron chi connectivity index (χ1n) is 11.3. The first kappa shape index (κ1) is 27.7. The van der Waals surface area contributed by atoms with Gasteiger partial charge in [-0.05, 0) is 54.2 Å². The van der Waals surface area contributed by atoms with Gasteiger partial charge in [-0.1, -0.05) is 26.0 Å². The van der Waals surface area contributed by atoms with E-state index in [1.165, 1.54) is 28.4 Å². The minimum Gasteiger partial charge on any atom is -0.493 e. The van der Waals surface area contributed by atoms with Crippen molar-refractivity contribution in [3.05, 3.63) is 57.6 Å². The summed E-state index contributed by atoms with van der Waals surface area (Å²) < 4.78 is 21.2. The standard InChI is InChI=1S/C26H34N2O7/c1-17(2)26(16-27,19-8-10-23(33-4)25(15-19)35-6)12-11-21(29)20(28(30)31)13-18-7-9-22(32-3)24(14-18)34-5/h7-10,14-15,17,20-21,29H,11-13H2,1-6H3. The van der Waals surface area contributed by atoms with Crippen LogP contribution >= 0.6 is 0 Å². The van der Waals surface area contributed by atoms with Crippen LogP contribution in [0.1, 0.15) is 37.8 Å². The highest BCUT2D eigenvalue weighted by Gasteiger charge is 2.39. The van der Waals surface area contributed by atoms with Gasteiger partial charge in [0.1, 0.15) is 6.10 Å². The number of hydrogen-bond acceptors (Lipinski definition) is 8. The van der Waals surface area contributed by atoms with E-state index in [0.29, 0.717) is 34.1 Å². The molecule has 1 N–H and O–H groups in total. The summed E-state index contributed by atoms with van der Waals surface area (Å²) in [6.07, 6.45) is -0.955. The molecule has 9 heteroatoms. The van der Waals surface area contributed by atoms with E-state index >= 15 is 0 Å². The summed E-state index contributed by atoms with van der Waals surface area (Å²) >= 11 is 0. The molecule has 2 rings (SSSR count). The Balaban J connectivity index is 2.30. The van der Waals surface area contributed by atoms with Crippen molar-refractivity contribution in [2.45, 2.75) is 50.7 Å². The predicted molar refractivity (Wildman–Crippen MR) is 131 cm³/mol. The minimum atomic E-state index is -1.26. The summed E-state index contributed by atoms with van der Waals surface area (Å²) in [5, 5.41) is 33.0. The van der Waals surface area contributed by atoms with Crippen molar-refractivity contribution in [2.24, 2.45) is 5.92 Å². The van der Waals surface area contributed by atoms with Crippen molar-refractivity contribution >= 4 is 0 Å². The van der Waals surface area contributed by atoms with Gasteiger partial charge in [0.15, 0.2) is 23.0 Å². The van der Waals surface area contributed by atoms with Crippen LogP contribution in [0.2, 0.25) is 0 Å². The van der Waals surface area contributed by atoms with E-state index in [9.17, 15) is 20.5 Å². The number of hydrogen-bond donors (Lipinski definition) is 1. The number of benzene rings is 2. The number of nitriles is 1. The summed E-state index contributed by atoms with van der Waals surface area (Å²) in [6.45, 7) is 3.84. The highest BCUT2D eigenvalue weighted by Crippen LogP contribution is 2.41. The lowest BCUT2D eigenvalue weighted by Crippen LogP contribution is -2.38. The second-order valence-corrected chi connectivity index (χ2v) is 8.66. The van der Waals surface area contributed by atoms with Crippen molar-refractivity contribution in [1.29, 1.82) is 5.26 Å². The summed E-state index contributed by atoms with van der Waals surface area (Å²) in [5.74, 6) is 1.87. The SMILES string of the molecule is COc1ccc(CC(C(O)CCC(C#N)(c2ccc(OC)c(OC)c2)C(C)C)[N+](=O)[O-])cc1OC. The lowest BCUT2D eigenvalue weighted by molar-refractivity contribution is -0.534. The third-order valence-electron chi connectivity index (χ3n) is 6.53. The van der Waals surface area contributed by atoms with E-state index in [1.807, 2.05) is 13.8 Å². The van der Waals surface area contributed by atoms with Gasteiger partial charge in [-0.25, -0.2) is 0 Å². The van der Waals surface area contributed by atoms with E-state index in [-0.39, 0.29) is 25.2 Å². The van der Waals surface area contributed by atoms with E-state index in [4.69, 9.17) is 18.9 Å². The molecule has 0 aromatic heterocycles. The maximum atomic E-state index is 11.9. The van der Waals surface area contributed by atoms with Gasteiger partial charge in [0, 0.05) is 11.3 Å². The molecule has 0 radical (unpaired) electrons. The molecular weight excluding hydrogens is 452 g/mol. The monoisotopic (exact) mass is 486 g/mol. The summed E-state index contributed by atoms with van der Waals surface area (Å²) in [5.41, 5.74) is 0.362. The molecule has 0 amide bonds. The Labute approximate surface area is 206 Å². The molecule has 0 spiro atoms. The van der Waals surface area contributed by atoms with E-state index < -0.39 is 22.5 Å². The fraction of sp³-hybridized carbons (Fsp3) is 0.500. The van der Waals surface area contributed by atoms with E-state index in [0.717, 1.165) is 0 Å². The van der Waals surface area contributed by atoms with Gasteiger partial charge in [-0.2, -0.15) is 5.26 Å². The van der Waals surface area contributed by atoms with Gasteiger partial charge in [-0.3, -0.25) is 10.1 Å². The van der Waals surface area contributed by atoms with Crippen molar-refractivity contribution in [3.8, 4) is 29.1 Å². The molecular formula is C26H34N2O7. The molecule has 2 aromatic rings. The summed E-state index contributed by atoms with van der Waals surface area (Å²) in [7, 11) is 6.05. The van der Waals surface area contributed by atoms with Crippen molar-refractivity contribution in [2.75, 3.05) is 28.4 Å². The van der Waals surface area contributed by atoms with Crippen LogP contribution < -0.4 is 18.9 Å².